The van der Waals surface area contributed by atoms with Crippen molar-refractivity contribution in [2.75, 3.05) is 0 Å². The Hall–Kier alpha value is -5.83. The van der Waals surface area contributed by atoms with Crippen molar-refractivity contribution in [2.45, 2.75) is 18.3 Å². The Bertz CT molecular complexity index is 1960. The maximum absolute atomic E-state index is 13.4. The molecule has 0 N–H and O–H groups in total. The molecule has 0 saturated carbocycles. The number of imidazole rings is 1. The van der Waals surface area contributed by atoms with E-state index in [0.29, 0.717) is 11.4 Å². The molecular formula is C37H27F3N6. The van der Waals surface area contributed by atoms with Crippen LogP contribution in [0.2, 0.25) is 0 Å². The molecule has 0 unspecified atom stereocenters. The number of aromatic nitrogens is 6. The molecule has 0 aliphatic heterocycles. The second kappa shape index (κ2) is 11.9. The van der Waals surface area contributed by atoms with Crippen LogP contribution < -0.4 is 0 Å². The molecule has 0 amide bonds. The highest BCUT2D eigenvalue weighted by Gasteiger charge is 2.42. The molecule has 0 atom stereocenters. The van der Waals surface area contributed by atoms with Crippen LogP contribution in [0.1, 0.15) is 28.1 Å². The molecule has 0 aliphatic rings. The van der Waals surface area contributed by atoms with E-state index in [0.717, 1.165) is 44.1 Å². The van der Waals surface area contributed by atoms with Crippen LogP contribution in [0.25, 0.3) is 22.5 Å². The third-order valence-electron chi connectivity index (χ3n) is 8.12. The van der Waals surface area contributed by atoms with Crippen molar-refractivity contribution < 1.29 is 13.2 Å². The summed E-state index contributed by atoms with van der Waals surface area (Å²) in [5.41, 5.74) is 5.32. The third-order valence-corrected chi connectivity index (χ3v) is 8.12. The first-order valence-electron chi connectivity index (χ1n) is 14.7. The van der Waals surface area contributed by atoms with Crippen molar-refractivity contribution in [3.05, 3.63) is 180 Å². The lowest BCUT2D eigenvalue weighted by Gasteiger charge is -2.36. The molecule has 7 aromatic rings. The Labute approximate surface area is 263 Å². The molecule has 7 rings (SSSR count). The van der Waals surface area contributed by atoms with Gasteiger partial charge < -0.3 is 4.57 Å². The van der Waals surface area contributed by atoms with Crippen LogP contribution in [0.4, 0.5) is 13.2 Å². The average molecular weight is 613 g/mol. The standard InChI is InChI=1S/C37H27F3N6/c38-37(39,40)35-41-24-25-45(35)26-27-20-22-28(23-21-27)32-18-10-11-19-33(32)34-42-43-44-46(34)36(29-12-4-1-5-13-29,30-14-6-2-7-15-30)31-16-8-3-9-17-31/h1-25H,26H2. The van der Waals surface area contributed by atoms with Crippen molar-refractivity contribution in [1.82, 2.24) is 29.8 Å². The van der Waals surface area contributed by atoms with Crippen molar-refractivity contribution in [2.24, 2.45) is 0 Å². The fourth-order valence-corrected chi connectivity index (χ4v) is 6.09. The number of rotatable bonds is 8. The lowest BCUT2D eigenvalue weighted by Crippen LogP contribution is -2.39. The Morgan fingerprint density at radius 1 is 0.587 bits per heavy atom. The average Bonchev–Trinajstić information content (AvgIpc) is 3.78. The van der Waals surface area contributed by atoms with Gasteiger partial charge in [0.05, 0.1) is 0 Å². The predicted octanol–water partition coefficient (Wildman–Crippen LogP) is 8.11. The Kier molecular flexibility index (Phi) is 7.50. The van der Waals surface area contributed by atoms with Crippen LogP contribution in [-0.4, -0.2) is 29.8 Å². The maximum Gasteiger partial charge on any atom is 0.449 e. The molecule has 0 radical (unpaired) electrons. The lowest BCUT2D eigenvalue weighted by molar-refractivity contribution is -0.147. The van der Waals surface area contributed by atoms with Crippen molar-refractivity contribution >= 4 is 0 Å². The molecule has 46 heavy (non-hydrogen) atoms. The summed E-state index contributed by atoms with van der Waals surface area (Å²) >= 11 is 0. The number of hydrogen-bond donors (Lipinski definition) is 0. The molecule has 5 aromatic carbocycles. The molecule has 0 fully saturated rings. The van der Waals surface area contributed by atoms with E-state index in [2.05, 4.69) is 56.9 Å². The van der Waals surface area contributed by atoms with Crippen molar-refractivity contribution in [3.63, 3.8) is 0 Å². The number of hydrogen-bond acceptors (Lipinski definition) is 4. The summed E-state index contributed by atoms with van der Waals surface area (Å²) in [6.45, 7) is 0.0444. The summed E-state index contributed by atoms with van der Waals surface area (Å²) in [6.07, 6.45) is -2.02. The molecule has 2 aromatic heterocycles. The summed E-state index contributed by atoms with van der Waals surface area (Å²) in [5, 5.41) is 13.5. The van der Waals surface area contributed by atoms with Gasteiger partial charge in [-0.2, -0.15) is 13.2 Å². The Morgan fingerprint density at radius 3 is 1.65 bits per heavy atom. The van der Waals surface area contributed by atoms with Gasteiger partial charge in [-0.1, -0.05) is 140 Å². The maximum atomic E-state index is 13.4. The van der Waals surface area contributed by atoms with E-state index in [1.54, 1.807) is 0 Å². The van der Waals surface area contributed by atoms with E-state index in [1.807, 2.05) is 108 Å². The normalized spacial score (nSPS) is 11.9. The van der Waals surface area contributed by atoms with Gasteiger partial charge in [-0.3, -0.25) is 0 Å². The summed E-state index contributed by atoms with van der Waals surface area (Å²) in [4.78, 5) is 3.50. The van der Waals surface area contributed by atoms with Crippen LogP contribution >= 0.6 is 0 Å². The van der Waals surface area contributed by atoms with Gasteiger partial charge in [0.25, 0.3) is 0 Å². The predicted molar refractivity (Wildman–Crippen MR) is 170 cm³/mol. The second-order valence-corrected chi connectivity index (χ2v) is 10.8. The quantitative estimate of drug-likeness (QED) is 0.163. The van der Waals surface area contributed by atoms with E-state index < -0.39 is 17.5 Å². The first kappa shape index (κ1) is 28.9. The number of halogens is 3. The molecular weight excluding hydrogens is 585 g/mol. The zero-order valence-corrected chi connectivity index (χ0v) is 24.5. The third kappa shape index (κ3) is 5.15. The molecule has 9 heteroatoms. The molecule has 0 saturated heterocycles. The number of nitrogens with zero attached hydrogens (tertiary/aromatic N) is 6. The summed E-state index contributed by atoms with van der Waals surface area (Å²) in [5.74, 6) is -0.364. The van der Waals surface area contributed by atoms with Gasteiger partial charge >= 0.3 is 6.18 Å². The summed E-state index contributed by atoms with van der Waals surface area (Å²) in [6, 6.07) is 45.9. The van der Waals surface area contributed by atoms with Gasteiger partial charge in [-0.25, -0.2) is 9.67 Å². The van der Waals surface area contributed by atoms with Gasteiger partial charge in [-0.15, -0.1) is 5.10 Å². The second-order valence-electron chi connectivity index (χ2n) is 10.8. The number of alkyl halides is 3. The van der Waals surface area contributed by atoms with E-state index in [1.165, 1.54) is 6.20 Å². The zero-order valence-electron chi connectivity index (χ0n) is 24.5. The van der Waals surface area contributed by atoms with Gasteiger partial charge in [0.15, 0.2) is 5.82 Å². The van der Waals surface area contributed by atoms with Crippen LogP contribution in [0, 0.1) is 0 Å². The first-order valence-corrected chi connectivity index (χ1v) is 14.7. The SMILES string of the molecule is FC(F)(F)c1nccn1Cc1ccc(-c2ccccc2-c2nnnn2C(c2ccccc2)(c2ccccc2)c2ccccc2)cc1. The zero-order chi connectivity index (χ0) is 31.6. The Morgan fingerprint density at radius 2 is 1.11 bits per heavy atom. The molecule has 0 bridgehead atoms. The van der Waals surface area contributed by atoms with E-state index in [-0.39, 0.29) is 6.54 Å². The molecule has 6 nitrogen and oxygen atoms in total. The smallest absolute Gasteiger partial charge is 0.323 e. The topological polar surface area (TPSA) is 61.4 Å². The minimum atomic E-state index is -4.53. The van der Waals surface area contributed by atoms with Crippen LogP contribution in [0.5, 0.6) is 0 Å². The monoisotopic (exact) mass is 612 g/mol. The van der Waals surface area contributed by atoms with Gasteiger partial charge in [0, 0.05) is 24.5 Å². The highest BCUT2D eigenvalue weighted by molar-refractivity contribution is 5.81. The van der Waals surface area contributed by atoms with Crippen molar-refractivity contribution in [1.29, 1.82) is 0 Å². The fraction of sp³-hybridized carbons (Fsp3) is 0.0811. The van der Waals surface area contributed by atoms with Crippen LogP contribution in [0.3, 0.4) is 0 Å². The van der Waals surface area contributed by atoms with Crippen LogP contribution in [0.15, 0.2) is 152 Å². The molecule has 0 spiro atoms. The van der Waals surface area contributed by atoms with Gasteiger partial charge in [0.1, 0.15) is 5.54 Å². The number of benzene rings is 5. The van der Waals surface area contributed by atoms with Crippen LogP contribution in [-0.2, 0) is 18.3 Å². The minimum absolute atomic E-state index is 0.0444. The fourth-order valence-electron chi connectivity index (χ4n) is 6.09. The lowest BCUT2D eigenvalue weighted by atomic mass is 9.77. The van der Waals surface area contributed by atoms with E-state index >= 15 is 0 Å². The largest absolute Gasteiger partial charge is 0.449 e. The molecule has 226 valence electrons. The number of tetrazole rings is 1. The first-order chi connectivity index (χ1) is 22.5. The minimum Gasteiger partial charge on any atom is -0.323 e. The molecule has 2 heterocycles. The van der Waals surface area contributed by atoms with E-state index in [9.17, 15) is 13.2 Å². The van der Waals surface area contributed by atoms with Crippen molar-refractivity contribution in [3.8, 4) is 22.5 Å². The summed E-state index contributed by atoms with van der Waals surface area (Å²) < 4.78 is 43.2. The summed E-state index contributed by atoms with van der Waals surface area (Å²) in [7, 11) is 0. The molecule has 0 aliphatic carbocycles. The highest BCUT2D eigenvalue weighted by Crippen LogP contribution is 2.43. The Balaban J connectivity index is 1.36. The van der Waals surface area contributed by atoms with E-state index in [4.69, 9.17) is 0 Å². The van der Waals surface area contributed by atoms with Gasteiger partial charge in [-0.05, 0) is 43.8 Å². The van der Waals surface area contributed by atoms with Gasteiger partial charge in [0.2, 0.25) is 5.82 Å². The highest BCUT2D eigenvalue weighted by atomic mass is 19.4.